The number of rotatable bonds is 6. The molecule has 20 heavy (non-hydrogen) atoms. The van der Waals surface area contributed by atoms with E-state index in [1.54, 1.807) is 6.07 Å². The van der Waals surface area contributed by atoms with Crippen LogP contribution in [0.15, 0.2) is 24.3 Å². The molecular formula is C16H24ClNO2. The number of halogens is 1. The Morgan fingerprint density at radius 1 is 1.45 bits per heavy atom. The number of para-hydroxylation sites is 1. The van der Waals surface area contributed by atoms with Crippen LogP contribution in [0.25, 0.3) is 0 Å². The van der Waals surface area contributed by atoms with E-state index in [2.05, 4.69) is 19.2 Å². The standard InChI is InChI=1S/C16H24ClNO2/c1-16(2)9-5-8-15(16)18-10-12(19)11-20-14-7-4-3-6-13(14)17/h3-4,6-7,12,15,18-19H,5,8-11H2,1-2H3. The summed E-state index contributed by atoms with van der Waals surface area (Å²) in [7, 11) is 0. The van der Waals surface area contributed by atoms with E-state index in [4.69, 9.17) is 16.3 Å². The summed E-state index contributed by atoms with van der Waals surface area (Å²) in [6, 6.07) is 7.80. The minimum atomic E-state index is -0.525. The first kappa shape index (κ1) is 15.6. The van der Waals surface area contributed by atoms with Crippen molar-refractivity contribution in [3.8, 4) is 5.75 Å². The Morgan fingerprint density at radius 2 is 2.20 bits per heavy atom. The number of ether oxygens (including phenoxy) is 1. The zero-order valence-electron chi connectivity index (χ0n) is 12.2. The Balaban J connectivity index is 1.73. The fourth-order valence-electron chi connectivity index (χ4n) is 2.79. The van der Waals surface area contributed by atoms with Gasteiger partial charge in [0.2, 0.25) is 0 Å². The molecule has 2 atom stereocenters. The summed E-state index contributed by atoms with van der Waals surface area (Å²) in [5.41, 5.74) is 0.323. The molecule has 0 saturated heterocycles. The van der Waals surface area contributed by atoms with Gasteiger partial charge in [-0.2, -0.15) is 0 Å². The van der Waals surface area contributed by atoms with Gasteiger partial charge < -0.3 is 15.2 Å². The van der Waals surface area contributed by atoms with Crippen molar-refractivity contribution in [1.29, 1.82) is 0 Å². The molecule has 0 heterocycles. The van der Waals surface area contributed by atoms with E-state index >= 15 is 0 Å². The van der Waals surface area contributed by atoms with Crippen molar-refractivity contribution in [2.24, 2.45) is 5.41 Å². The smallest absolute Gasteiger partial charge is 0.138 e. The number of benzene rings is 1. The molecule has 112 valence electrons. The van der Waals surface area contributed by atoms with Gasteiger partial charge in [0, 0.05) is 12.6 Å². The molecule has 0 spiro atoms. The Morgan fingerprint density at radius 3 is 2.85 bits per heavy atom. The first-order chi connectivity index (χ1) is 9.49. The van der Waals surface area contributed by atoms with Crippen LogP contribution in [0.4, 0.5) is 0 Å². The highest BCUT2D eigenvalue weighted by atomic mass is 35.5. The minimum Gasteiger partial charge on any atom is -0.489 e. The molecular weight excluding hydrogens is 274 g/mol. The molecule has 0 bridgehead atoms. The van der Waals surface area contributed by atoms with E-state index in [-0.39, 0.29) is 6.61 Å². The van der Waals surface area contributed by atoms with E-state index in [0.29, 0.717) is 28.8 Å². The van der Waals surface area contributed by atoms with Crippen LogP contribution in [0, 0.1) is 5.41 Å². The van der Waals surface area contributed by atoms with Gasteiger partial charge in [0.25, 0.3) is 0 Å². The van der Waals surface area contributed by atoms with Gasteiger partial charge in [-0.25, -0.2) is 0 Å². The average molecular weight is 298 g/mol. The van der Waals surface area contributed by atoms with Crippen LogP contribution >= 0.6 is 11.6 Å². The van der Waals surface area contributed by atoms with Crippen molar-refractivity contribution in [1.82, 2.24) is 5.32 Å². The molecule has 1 fully saturated rings. The average Bonchev–Trinajstić information content (AvgIpc) is 2.74. The first-order valence-corrected chi connectivity index (χ1v) is 7.65. The molecule has 4 heteroatoms. The van der Waals surface area contributed by atoms with Gasteiger partial charge >= 0.3 is 0 Å². The summed E-state index contributed by atoms with van der Waals surface area (Å²) < 4.78 is 5.54. The maximum absolute atomic E-state index is 10.0. The SMILES string of the molecule is CC1(C)CCCC1NCC(O)COc1ccccc1Cl. The highest BCUT2D eigenvalue weighted by Crippen LogP contribution is 2.37. The predicted molar refractivity (Wildman–Crippen MR) is 82.4 cm³/mol. The number of hydrogen-bond acceptors (Lipinski definition) is 3. The lowest BCUT2D eigenvalue weighted by atomic mass is 9.87. The van der Waals surface area contributed by atoms with Crippen molar-refractivity contribution >= 4 is 11.6 Å². The molecule has 1 aromatic rings. The van der Waals surface area contributed by atoms with Crippen LogP contribution in [0.3, 0.4) is 0 Å². The number of aliphatic hydroxyl groups excluding tert-OH is 1. The molecule has 2 unspecified atom stereocenters. The fourth-order valence-corrected chi connectivity index (χ4v) is 2.98. The molecule has 1 aliphatic carbocycles. The van der Waals surface area contributed by atoms with E-state index in [1.165, 1.54) is 19.3 Å². The first-order valence-electron chi connectivity index (χ1n) is 7.28. The lowest BCUT2D eigenvalue weighted by Gasteiger charge is -2.28. The number of aliphatic hydroxyl groups is 1. The second-order valence-electron chi connectivity index (χ2n) is 6.24. The lowest BCUT2D eigenvalue weighted by molar-refractivity contribution is 0.0986. The molecule has 1 aliphatic rings. The predicted octanol–water partition coefficient (Wildman–Crippen LogP) is 3.25. The second-order valence-corrected chi connectivity index (χ2v) is 6.64. The molecule has 0 aromatic heterocycles. The highest BCUT2D eigenvalue weighted by molar-refractivity contribution is 6.32. The zero-order valence-corrected chi connectivity index (χ0v) is 13.0. The Hall–Kier alpha value is -0.770. The molecule has 0 radical (unpaired) electrons. The fraction of sp³-hybridized carbons (Fsp3) is 0.625. The van der Waals surface area contributed by atoms with Crippen molar-refractivity contribution < 1.29 is 9.84 Å². The van der Waals surface area contributed by atoms with Crippen LogP contribution in [0.5, 0.6) is 5.75 Å². The van der Waals surface area contributed by atoms with Gasteiger partial charge in [-0.3, -0.25) is 0 Å². The summed E-state index contributed by atoms with van der Waals surface area (Å²) >= 11 is 6.00. The second kappa shape index (κ2) is 6.79. The third kappa shape index (κ3) is 4.11. The topological polar surface area (TPSA) is 41.5 Å². The summed E-state index contributed by atoms with van der Waals surface area (Å²) in [6.07, 6.45) is 3.17. The van der Waals surface area contributed by atoms with Gasteiger partial charge in [0.15, 0.2) is 0 Å². The maximum atomic E-state index is 10.0. The lowest BCUT2D eigenvalue weighted by Crippen LogP contribution is -2.43. The van der Waals surface area contributed by atoms with Crippen LogP contribution in [0.1, 0.15) is 33.1 Å². The summed E-state index contributed by atoms with van der Waals surface area (Å²) in [5.74, 6) is 0.620. The zero-order chi connectivity index (χ0) is 14.6. The van der Waals surface area contributed by atoms with Crippen LogP contribution in [-0.2, 0) is 0 Å². The molecule has 0 aliphatic heterocycles. The van der Waals surface area contributed by atoms with Gasteiger partial charge in [-0.1, -0.05) is 44.0 Å². The van der Waals surface area contributed by atoms with Gasteiger partial charge in [0.1, 0.15) is 18.5 Å². The van der Waals surface area contributed by atoms with Crippen LogP contribution in [0.2, 0.25) is 5.02 Å². The van der Waals surface area contributed by atoms with Gasteiger partial charge in [-0.15, -0.1) is 0 Å². The molecule has 3 nitrogen and oxygen atoms in total. The van der Waals surface area contributed by atoms with Gasteiger partial charge in [-0.05, 0) is 30.4 Å². The van der Waals surface area contributed by atoms with Gasteiger partial charge in [0.05, 0.1) is 5.02 Å². The Bertz CT molecular complexity index is 436. The monoisotopic (exact) mass is 297 g/mol. The maximum Gasteiger partial charge on any atom is 0.138 e. The van der Waals surface area contributed by atoms with Crippen molar-refractivity contribution in [2.45, 2.75) is 45.3 Å². The van der Waals surface area contributed by atoms with Crippen LogP contribution < -0.4 is 10.1 Å². The van der Waals surface area contributed by atoms with E-state index < -0.39 is 6.10 Å². The quantitative estimate of drug-likeness (QED) is 0.847. The number of nitrogens with one attached hydrogen (secondary N) is 1. The summed E-state index contributed by atoms with van der Waals surface area (Å²) in [4.78, 5) is 0. The van der Waals surface area contributed by atoms with E-state index in [1.807, 2.05) is 18.2 Å². The van der Waals surface area contributed by atoms with E-state index in [0.717, 1.165) is 0 Å². The Kier molecular flexibility index (Phi) is 5.30. The summed E-state index contributed by atoms with van der Waals surface area (Å²) in [5, 5.41) is 14.0. The van der Waals surface area contributed by atoms with E-state index in [9.17, 15) is 5.11 Å². The van der Waals surface area contributed by atoms with Crippen molar-refractivity contribution in [3.63, 3.8) is 0 Å². The molecule has 0 amide bonds. The Labute approximate surface area is 126 Å². The third-order valence-corrected chi connectivity index (χ3v) is 4.44. The normalized spacial score (nSPS) is 22.7. The summed E-state index contributed by atoms with van der Waals surface area (Å²) in [6.45, 7) is 5.37. The van der Waals surface area contributed by atoms with Crippen molar-refractivity contribution in [3.05, 3.63) is 29.3 Å². The van der Waals surface area contributed by atoms with Crippen LogP contribution in [-0.4, -0.2) is 30.4 Å². The highest BCUT2D eigenvalue weighted by Gasteiger charge is 2.34. The molecule has 1 saturated carbocycles. The molecule has 2 rings (SSSR count). The third-order valence-electron chi connectivity index (χ3n) is 4.12. The molecule has 1 aromatic carbocycles. The molecule has 2 N–H and O–H groups in total. The minimum absolute atomic E-state index is 0.254. The largest absolute Gasteiger partial charge is 0.489 e. The number of hydrogen-bond donors (Lipinski definition) is 2. The van der Waals surface area contributed by atoms with Crippen molar-refractivity contribution in [2.75, 3.05) is 13.2 Å².